The quantitative estimate of drug-likeness (QED) is 0.707. The smallest absolute Gasteiger partial charge is 0.246 e. The molecule has 3 nitrogen and oxygen atoms in total. The highest BCUT2D eigenvalue weighted by molar-refractivity contribution is 8.01. The molecule has 1 saturated heterocycles. The zero-order valence-electron chi connectivity index (χ0n) is 9.27. The Bertz CT molecular complexity index is 522. The first-order chi connectivity index (χ1) is 8.25. The van der Waals surface area contributed by atoms with Crippen molar-refractivity contribution in [3.05, 3.63) is 29.8 Å². The summed E-state index contributed by atoms with van der Waals surface area (Å²) in [6.45, 7) is 0. The molecule has 1 fully saturated rings. The highest BCUT2D eigenvalue weighted by atomic mass is 32.2. The molecule has 0 saturated carbocycles. The van der Waals surface area contributed by atoms with E-state index in [0.717, 1.165) is 18.5 Å². The monoisotopic (exact) mass is 244 g/mol. The van der Waals surface area contributed by atoms with Crippen molar-refractivity contribution in [1.82, 2.24) is 4.90 Å². The molecule has 1 unspecified atom stereocenters. The number of hydrogen-bond acceptors (Lipinski definition) is 3. The van der Waals surface area contributed by atoms with Gasteiger partial charge in [-0.25, -0.2) is 4.90 Å². The second-order valence-corrected chi connectivity index (χ2v) is 5.47. The van der Waals surface area contributed by atoms with E-state index >= 15 is 0 Å². The molecule has 17 heavy (non-hydrogen) atoms. The van der Waals surface area contributed by atoms with Gasteiger partial charge in [-0.1, -0.05) is 24.6 Å². The van der Waals surface area contributed by atoms with Crippen LogP contribution in [0.3, 0.4) is 0 Å². The molecular weight excluding hydrogens is 232 g/mol. The lowest BCUT2D eigenvalue weighted by Crippen LogP contribution is -2.49. The maximum Gasteiger partial charge on any atom is 0.246 e. The minimum atomic E-state index is -0.430. The first-order valence-corrected chi connectivity index (χ1v) is 6.53. The Morgan fingerprint density at radius 1 is 1.47 bits per heavy atom. The van der Waals surface area contributed by atoms with Crippen molar-refractivity contribution < 1.29 is 4.79 Å². The molecule has 1 spiro atoms. The third kappa shape index (κ3) is 1.50. The van der Waals surface area contributed by atoms with Crippen LogP contribution in [-0.4, -0.2) is 21.6 Å². The summed E-state index contributed by atoms with van der Waals surface area (Å²) in [4.78, 5) is 12.8. The summed E-state index contributed by atoms with van der Waals surface area (Å²) < 4.78 is 0. The van der Waals surface area contributed by atoms with E-state index in [2.05, 4.69) is 17.4 Å². The van der Waals surface area contributed by atoms with Crippen molar-refractivity contribution in [2.75, 3.05) is 11.1 Å². The Morgan fingerprint density at radius 2 is 2.29 bits per heavy atom. The number of nitrogens with zero attached hydrogens (tertiary/aromatic N) is 1. The Hall–Kier alpha value is -1.60. The molecule has 0 bridgehead atoms. The number of nitrogens with one attached hydrogen (secondary N) is 1. The van der Waals surface area contributed by atoms with E-state index in [1.54, 1.807) is 11.8 Å². The average Bonchev–Trinajstić information content (AvgIpc) is 2.66. The van der Waals surface area contributed by atoms with Crippen LogP contribution in [0.4, 0.5) is 5.69 Å². The molecule has 86 valence electrons. The first-order valence-electron chi connectivity index (χ1n) is 5.54. The predicted molar refractivity (Wildman–Crippen MR) is 69.3 cm³/mol. The van der Waals surface area contributed by atoms with Crippen molar-refractivity contribution in [2.24, 2.45) is 0 Å². The number of carbonyl (C=O) groups excluding carboxylic acids is 1. The van der Waals surface area contributed by atoms with Gasteiger partial charge in [0, 0.05) is 18.2 Å². The van der Waals surface area contributed by atoms with Gasteiger partial charge in [0.05, 0.1) is 5.75 Å². The highest BCUT2D eigenvalue weighted by Crippen LogP contribution is 2.44. The van der Waals surface area contributed by atoms with Crippen LogP contribution in [0.5, 0.6) is 0 Å². The number of hydrogen-bond donors (Lipinski definition) is 1. The van der Waals surface area contributed by atoms with Gasteiger partial charge >= 0.3 is 0 Å². The minimum absolute atomic E-state index is 0.0179. The second kappa shape index (κ2) is 3.71. The number of thioether (sulfide) groups is 1. The SMILES string of the molecule is C#CN1C(=O)CSC12CCc1ccccc1N2. The molecule has 2 aliphatic rings. The summed E-state index contributed by atoms with van der Waals surface area (Å²) in [6, 6.07) is 10.7. The number of benzene rings is 1. The third-order valence-electron chi connectivity index (χ3n) is 3.25. The number of aryl methyl sites for hydroxylation is 1. The van der Waals surface area contributed by atoms with Gasteiger partial charge in [-0.15, -0.1) is 11.8 Å². The average molecular weight is 244 g/mol. The standard InChI is InChI=1S/C13H12N2OS/c1-2-15-12(16)9-17-13(15)8-7-10-5-3-4-6-11(10)14-13/h1,3-6,14H,7-9H2. The molecule has 0 radical (unpaired) electrons. The molecule has 1 N–H and O–H groups in total. The van der Waals surface area contributed by atoms with Gasteiger partial charge in [-0.3, -0.25) is 4.79 Å². The molecule has 1 atom stereocenters. The van der Waals surface area contributed by atoms with Crippen molar-refractivity contribution in [1.29, 1.82) is 0 Å². The van der Waals surface area contributed by atoms with Crippen molar-refractivity contribution in [2.45, 2.75) is 17.8 Å². The van der Waals surface area contributed by atoms with Crippen LogP contribution in [0.2, 0.25) is 0 Å². The summed E-state index contributed by atoms with van der Waals surface area (Å²) in [5.41, 5.74) is 2.37. The molecule has 1 amide bonds. The van der Waals surface area contributed by atoms with Gasteiger partial charge in [-0.2, -0.15) is 0 Å². The highest BCUT2D eigenvalue weighted by Gasteiger charge is 2.47. The van der Waals surface area contributed by atoms with Crippen LogP contribution in [0.15, 0.2) is 24.3 Å². The van der Waals surface area contributed by atoms with Crippen LogP contribution in [0.1, 0.15) is 12.0 Å². The van der Waals surface area contributed by atoms with Crippen LogP contribution in [-0.2, 0) is 11.2 Å². The zero-order chi connectivity index (χ0) is 11.9. The number of para-hydroxylation sites is 1. The number of amides is 1. The summed E-state index contributed by atoms with van der Waals surface area (Å²) >= 11 is 1.59. The van der Waals surface area contributed by atoms with Gasteiger partial charge in [0.1, 0.15) is 0 Å². The van der Waals surface area contributed by atoms with Crippen LogP contribution in [0.25, 0.3) is 0 Å². The third-order valence-corrected chi connectivity index (χ3v) is 4.61. The molecule has 2 heterocycles. The van der Waals surface area contributed by atoms with E-state index < -0.39 is 4.99 Å². The van der Waals surface area contributed by atoms with Gasteiger partial charge in [0.15, 0.2) is 4.99 Å². The lowest BCUT2D eigenvalue weighted by Gasteiger charge is -2.39. The van der Waals surface area contributed by atoms with Crippen LogP contribution in [0, 0.1) is 12.5 Å². The Kier molecular flexibility index (Phi) is 2.30. The Balaban J connectivity index is 1.98. The Labute approximate surface area is 105 Å². The number of carbonyl (C=O) groups is 1. The maximum atomic E-state index is 11.7. The largest absolute Gasteiger partial charge is 0.353 e. The van der Waals surface area contributed by atoms with E-state index in [1.807, 2.05) is 18.2 Å². The number of anilines is 1. The van der Waals surface area contributed by atoms with Crippen LogP contribution >= 0.6 is 11.8 Å². The van der Waals surface area contributed by atoms with E-state index in [1.165, 1.54) is 10.5 Å². The van der Waals surface area contributed by atoms with Crippen LogP contribution < -0.4 is 5.32 Å². The molecule has 4 heteroatoms. The van der Waals surface area contributed by atoms with Gasteiger partial charge in [0.25, 0.3) is 0 Å². The first kappa shape index (κ1) is 10.5. The lowest BCUT2D eigenvalue weighted by molar-refractivity contribution is -0.126. The minimum Gasteiger partial charge on any atom is -0.353 e. The molecule has 2 aliphatic heterocycles. The maximum absolute atomic E-state index is 11.7. The van der Waals surface area contributed by atoms with E-state index in [4.69, 9.17) is 6.42 Å². The fourth-order valence-electron chi connectivity index (χ4n) is 2.40. The number of fused-ring (bicyclic) bond motifs is 1. The molecule has 1 aromatic rings. The van der Waals surface area contributed by atoms with E-state index in [-0.39, 0.29) is 5.91 Å². The van der Waals surface area contributed by atoms with Crippen molar-refractivity contribution in [3.8, 4) is 12.5 Å². The van der Waals surface area contributed by atoms with Gasteiger partial charge in [0.2, 0.25) is 5.91 Å². The number of terminal acetylenes is 1. The normalized spacial score (nSPS) is 26.5. The summed E-state index contributed by atoms with van der Waals surface area (Å²) in [7, 11) is 0. The fourth-order valence-corrected chi connectivity index (χ4v) is 3.60. The molecule has 0 aromatic heterocycles. The van der Waals surface area contributed by atoms with E-state index in [0.29, 0.717) is 5.75 Å². The molecule has 3 rings (SSSR count). The van der Waals surface area contributed by atoms with Gasteiger partial charge < -0.3 is 5.32 Å². The number of rotatable bonds is 0. The molecular formula is C13H12N2OS. The zero-order valence-corrected chi connectivity index (χ0v) is 10.1. The molecule has 1 aromatic carbocycles. The summed E-state index contributed by atoms with van der Waals surface area (Å²) in [5.74, 6) is 0.476. The lowest BCUT2D eigenvalue weighted by atomic mass is 10.0. The van der Waals surface area contributed by atoms with E-state index in [9.17, 15) is 4.79 Å². The topological polar surface area (TPSA) is 32.3 Å². The molecule has 0 aliphatic carbocycles. The van der Waals surface area contributed by atoms with Gasteiger partial charge in [-0.05, 0) is 18.1 Å². The summed E-state index contributed by atoms with van der Waals surface area (Å²) in [6.07, 6.45) is 7.25. The second-order valence-electron chi connectivity index (χ2n) is 4.21. The Morgan fingerprint density at radius 3 is 3.12 bits per heavy atom. The summed E-state index contributed by atoms with van der Waals surface area (Å²) in [5, 5.41) is 3.43. The predicted octanol–water partition coefficient (Wildman–Crippen LogP) is 1.86. The van der Waals surface area contributed by atoms with Crippen molar-refractivity contribution >= 4 is 23.4 Å². The fraction of sp³-hybridized carbons (Fsp3) is 0.308. The van der Waals surface area contributed by atoms with Crippen molar-refractivity contribution in [3.63, 3.8) is 0 Å².